The van der Waals surface area contributed by atoms with Crippen LogP contribution in [-0.2, 0) is 35.7 Å². The molecular weight excluding hydrogens is 688 g/mol. The zero-order valence-corrected chi connectivity index (χ0v) is 28.6. The molecule has 7 rings (SSSR count). The number of hydrogen-bond donors (Lipinski definition) is 5. The number of esters is 1. The summed E-state index contributed by atoms with van der Waals surface area (Å²) in [5.41, 5.74) is -9.22. The number of carbonyl (C=O) groups excluding carboxylic acids is 4. The number of Topliss-reactive ketones (excluding diaryl/α,β-unsaturated/α-hetero) is 3. The van der Waals surface area contributed by atoms with Gasteiger partial charge in [0.15, 0.2) is 23.0 Å². The first-order valence-corrected chi connectivity index (χ1v) is 16.1. The minimum atomic E-state index is -3.20. The largest absolute Gasteiger partial charge is 0.507 e. The maximum atomic E-state index is 14.8. The SMILES string of the molecule is COC(=O)c1c(C)cc2c(c1O)[C@]1(O)C(=O)c3cc4c5c(nc(=O)oc5c3C(=O)[C@]1(OC)[C@H](O)C2)C=C(N[C@H]1O[C@@H](C)[C@H](OC)[C@@H](O)[C@H]1OC)C4=O. The first-order chi connectivity index (χ1) is 24.6. The van der Waals surface area contributed by atoms with E-state index in [0.29, 0.717) is 0 Å². The van der Waals surface area contributed by atoms with Crippen molar-refractivity contribution in [3.05, 3.63) is 73.0 Å². The minimum Gasteiger partial charge on any atom is -0.507 e. The number of fused-ring (bicyclic) bond motifs is 5. The molecule has 0 unspecified atom stereocenters. The smallest absolute Gasteiger partial charge is 0.439 e. The zero-order chi connectivity index (χ0) is 37.8. The van der Waals surface area contributed by atoms with Gasteiger partial charge in [-0.2, -0.15) is 4.98 Å². The monoisotopic (exact) mass is 722 g/mol. The number of aromatic nitrogens is 1. The number of benzene rings is 2. The standard InChI is InChI=1S/C35H34N2O15/c1-11-7-13-8-18(38)35(50-6)30(43)21-15(29(42)34(35,46)22(13)24(40)19(11)32(44)49-5)9-14-20-16(37-33(45)52-27(20)21)10-17(23(14)39)36-31-28(48-4)25(41)26(47-3)12(2)51-31/h7,9-10,12,18,25-26,28,31,36,38,40-41,46H,8H2,1-6H3/t12-,18+,25+,26-,28+,31-,34-,35+/m0/s1. The van der Waals surface area contributed by atoms with E-state index in [1.165, 1.54) is 33.3 Å². The molecule has 2 heterocycles. The van der Waals surface area contributed by atoms with Crippen LogP contribution in [0, 0.1) is 6.92 Å². The number of aliphatic hydroxyl groups excluding tert-OH is 2. The summed E-state index contributed by atoms with van der Waals surface area (Å²) in [4.78, 5) is 73.3. The predicted molar refractivity (Wildman–Crippen MR) is 174 cm³/mol. The molecule has 5 N–H and O–H groups in total. The maximum absolute atomic E-state index is 14.8. The van der Waals surface area contributed by atoms with Crippen molar-refractivity contribution in [2.75, 3.05) is 28.4 Å². The molecule has 1 saturated heterocycles. The highest BCUT2D eigenvalue weighted by atomic mass is 16.6. The summed E-state index contributed by atoms with van der Waals surface area (Å²) in [5, 5.41) is 49.3. The molecule has 2 aromatic carbocycles. The average molecular weight is 723 g/mol. The van der Waals surface area contributed by atoms with Crippen LogP contribution in [0.2, 0.25) is 0 Å². The lowest BCUT2D eigenvalue weighted by Crippen LogP contribution is -2.73. The van der Waals surface area contributed by atoms with E-state index >= 15 is 0 Å². The third-order valence-corrected chi connectivity index (χ3v) is 10.6. The van der Waals surface area contributed by atoms with Crippen molar-refractivity contribution in [2.45, 2.75) is 68.2 Å². The van der Waals surface area contributed by atoms with Crippen molar-refractivity contribution >= 4 is 40.4 Å². The van der Waals surface area contributed by atoms with Crippen LogP contribution in [0.3, 0.4) is 0 Å². The Balaban J connectivity index is 1.45. The number of allylic oxidation sites excluding steroid dienone is 1. The predicted octanol–water partition coefficient (Wildman–Crippen LogP) is -0.180. The lowest BCUT2D eigenvalue weighted by molar-refractivity contribution is -0.236. The van der Waals surface area contributed by atoms with E-state index in [1.807, 2.05) is 0 Å². The van der Waals surface area contributed by atoms with Gasteiger partial charge in [0.05, 0.1) is 41.7 Å². The van der Waals surface area contributed by atoms with Crippen molar-refractivity contribution in [3.63, 3.8) is 0 Å². The van der Waals surface area contributed by atoms with Crippen molar-refractivity contribution in [2.24, 2.45) is 0 Å². The lowest BCUT2D eigenvalue weighted by Gasteiger charge is -2.52. The van der Waals surface area contributed by atoms with Crippen LogP contribution in [0.4, 0.5) is 0 Å². The van der Waals surface area contributed by atoms with Crippen LogP contribution in [0.5, 0.6) is 5.75 Å². The van der Waals surface area contributed by atoms with Gasteiger partial charge >= 0.3 is 11.7 Å². The summed E-state index contributed by atoms with van der Waals surface area (Å²) in [7, 11) is 4.73. The van der Waals surface area contributed by atoms with Gasteiger partial charge in [-0.15, -0.1) is 0 Å². The number of ketones is 3. The molecule has 17 nitrogen and oxygen atoms in total. The molecule has 274 valence electrons. The fourth-order valence-corrected chi connectivity index (χ4v) is 8.24. The molecule has 0 amide bonds. The number of methoxy groups -OCH3 is 4. The van der Waals surface area contributed by atoms with Crippen LogP contribution in [0.25, 0.3) is 17.0 Å². The summed E-state index contributed by atoms with van der Waals surface area (Å²) in [6.07, 6.45) is -5.96. The van der Waals surface area contributed by atoms with E-state index in [9.17, 15) is 44.4 Å². The molecule has 0 spiro atoms. The first kappa shape index (κ1) is 35.5. The van der Waals surface area contributed by atoms with Gasteiger partial charge in [-0.05, 0) is 37.1 Å². The lowest BCUT2D eigenvalue weighted by atomic mass is 9.56. The van der Waals surface area contributed by atoms with Gasteiger partial charge in [0.1, 0.15) is 29.6 Å². The number of nitrogens with zero attached hydrogens (tertiary/aromatic N) is 1. The second-order valence-corrected chi connectivity index (χ2v) is 13.1. The second-order valence-electron chi connectivity index (χ2n) is 13.1. The molecule has 1 fully saturated rings. The van der Waals surface area contributed by atoms with Crippen molar-refractivity contribution in [3.8, 4) is 5.75 Å². The molecular formula is C35H34N2O15. The molecule has 0 bridgehead atoms. The fourth-order valence-electron chi connectivity index (χ4n) is 8.24. The van der Waals surface area contributed by atoms with Gasteiger partial charge in [-0.1, -0.05) is 6.07 Å². The summed E-state index contributed by atoms with van der Waals surface area (Å²) < 4.78 is 32.6. The molecule has 1 aromatic heterocycles. The highest BCUT2D eigenvalue weighted by Gasteiger charge is 2.72. The number of nitrogens with one attached hydrogen (secondary N) is 1. The topological polar surface area (TPSA) is 250 Å². The molecule has 4 aliphatic rings. The Kier molecular flexibility index (Phi) is 8.26. The Labute approximate surface area is 293 Å². The van der Waals surface area contributed by atoms with E-state index in [0.717, 1.165) is 20.3 Å². The molecule has 17 heteroatoms. The number of aromatic hydroxyl groups is 1. The molecule has 0 saturated carbocycles. The van der Waals surface area contributed by atoms with E-state index < -0.39 is 117 Å². The Hall–Kier alpha value is -4.88. The summed E-state index contributed by atoms with van der Waals surface area (Å²) in [6, 6.07) is 2.37. The number of aliphatic hydroxyl groups is 3. The minimum absolute atomic E-state index is 0.0212. The molecule has 3 aromatic rings. The van der Waals surface area contributed by atoms with Crippen LogP contribution in [0.1, 0.15) is 70.7 Å². The van der Waals surface area contributed by atoms with Gasteiger partial charge in [0, 0.05) is 44.4 Å². The van der Waals surface area contributed by atoms with Crippen LogP contribution in [-0.4, -0.2) is 120 Å². The van der Waals surface area contributed by atoms with Crippen LogP contribution < -0.4 is 11.1 Å². The number of hydrogen-bond acceptors (Lipinski definition) is 17. The zero-order valence-electron chi connectivity index (χ0n) is 28.6. The first-order valence-electron chi connectivity index (χ1n) is 16.1. The van der Waals surface area contributed by atoms with Crippen molar-refractivity contribution < 1.29 is 67.7 Å². The van der Waals surface area contributed by atoms with E-state index in [2.05, 4.69) is 10.3 Å². The highest BCUT2D eigenvalue weighted by Crippen LogP contribution is 2.56. The normalized spacial score (nSPS) is 30.7. The molecule has 52 heavy (non-hydrogen) atoms. The Morgan fingerprint density at radius 3 is 2.35 bits per heavy atom. The number of aryl methyl sites for hydroxylation is 1. The average Bonchev–Trinajstić information content (AvgIpc) is 3.08. The third kappa shape index (κ3) is 4.41. The van der Waals surface area contributed by atoms with E-state index in [4.69, 9.17) is 28.1 Å². The van der Waals surface area contributed by atoms with E-state index in [1.54, 1.807) is 6.92 Å². The van der Waals surface area contributed by atoms with Crippen LogP contribution >= 0.6 is 0 Å². The Morgan fingerprint density at radius 1 is 1.02 bits per heavy atom. The molecule has 8 atom stereocenters. The van der Waals surface area contributed by atoms with Crippen molar-refractivity contribution in [1.29, 1.82) is 0 Å². The highest BCUT2D eigenvalue weighted by molar-refractivity contribution is 6.31. The Morgan fingerprint density at radius 2 is 1.71 bits per heavy atom. The fraction of sp³-hybridized carbons (Fsp3) is 0.429. The Bertz CT molecular complexity index is 2210. The number of ether oxygens (including phenoxy) is 5. The summed E-state index contributed by atoms with van der Waals surface area (Å²) >= 11 is 0. The molecule has 1 aliphatic heterocycles. The summed E-state index contributed by atoms with van der Waals surface area (Å²) in [6.45, 7) is 3.11. The third-order valence-electron chi connectivity index (χ3n) is 10.6. The second kappa shape index (κ2) is 12.1. The van der Waals surface area contributed by atoms with Crippen molar-refractivity contribution in [1.82, 2.24) is 10.3 Å². The quantitative estimate of drug-likeness (QED) is 0.207. The van der Waals surface area contributed by atoms with Gasteiger partial charge in [0.25, 0.3) is 0 Å². The number of phenolic OH excluding ortho intramolecular Hbond substituents is 1. The van der Waals surface area contributed by atoms with E-state index in [-0.39, 0.29) is 33.5 Å². The van der Waals surface area contributed by atoms with Gasteiger partial charge in [0.2, 0.25) is 17.3 Å². The maximum Gasteiger partial charge on any atom is 0.439 e. The number of phenols is 1. The number of rotatable bonds is 6. The summed E-state index contributed by atoms with van der Waals surface area (Å²) in [5.74, 6) is -6.46. The van der Waals surface area contributed by atoms with Gasteiger partial charge in [-0.3, -0.25) is 14.4 Å². The van der Waals surface area contributed by atoms with Gasteiger partial charge < -0.3 is 53.8 Å². The molecule has 0 radical (unpaired) electrons. The van der Waals surface area contributed by atoms with Crippen LogP contribution in [0.15, 0.2) is 27.0 Å². The molecule has 3 aliphatic carbocycles. The number of carbonyl (C=O) groups is 4. The van der Waals surface area contributed by atoms with Gasteiger partial charge in [-0.25, -0.2) is 9.59 Å².